The van der Waals surface area contributed by atoms with Crippen molar-refractivity contribution in [1.82, 2.24) is 4.31 Å². The van der Waals surface area contributed by atoms with Crippen LogP contribution in [0.2, 0.25) is 0 Å². The van der Waals surface area contributed by atoms with Gasteiger partial charge in [-0.3, -0.25) is 0 Å². The van der Waals surface area contributed by atoms with Gasteiger partial charge in [0, 0.05) is 12.6 Å². The highest BCUT2D eigenvalue weighted by molar-refractivity contribution is 7.88. The molecule has 0 saturated carbocycles. The summed E-state index contributed by atoms with van der Waals surface area (Å²) in [5.41, 5.74) is 1.28. The van der Waals surface area contributed by atoms with Crippen molar-refractivity contribution >= 4 is 10.0 Å². The molecule has 0 aliphatic carbocycles. The van der Waals surface area contributed by atoms with Crippen molar-refractivity contribution in [2.24, 2.45) is 0 Å². The zero-order valence-electron chi connectivity index (χ0n) is 10.3. The summed E-state index contributed by atoms with van der Waals surface area (Å²) in [5.74, 6) is 0.0169. The van der Waals surface area contributed by atoms with Crippen molar-refractivity contribution in [2.45, 2.75) is 31.6 Å². The fourth-order valence-corrected chi connectivity index (χ4v) is 4.13. The summed E-state index contributed by atoms with van der Waals surface area (Å²) in [6, 6.07) is 8.84. The topological polar surface area (TPSA) is 61.2 Å². The van der Waals surface area contributed by atoms with Crippen molar-refractivity contribution in [1.29, 1.82) is 5.26 Å². The van der Waals surface area contributed by atoms with Crippen LogP contribution in [0.3, 0.4) is 0 Å². The van der Waals surface area contributed by atoms with E-state index in [-0.39, 0.29) is 11.8 Å². The number of nitrogens with zero attached hydrogens (tertiary/aromatic N) is 2. The maximum atomic E-state index is 12.2. The van der Waals surface area contributed by atoms with Crippen LogP contribution in [0.1, 0.15) is 30.9 Å². The highest BCUT2D eigenvalue weighted by Crippen LogP contribution is 2.22. The molecule has 1 aromatic rings. The van der Waals surface area contributed by atoms with E-state index >= 15 is 0 Å². The lowest BCUT2D eigenvalue weighted by atomic mass is 10.2. The molecule has 1 aromatic carbocycles. The van der Waals surface area contributed by atoms with Crippen molar-refractivity contribution in [3.8, 4) is 6.07 Å². The monoisotopic (exact) mass is 264 g/mol. The first-order valence-electron chi connectivity index (χ1n) is 6.01. The van der Waals surface area contributed by atoms with Gasteiger partial charge in [0.15, 0.2) is 0 Å². The molecule has 0 spiro atoms. The Morgan fingerprint density at radius 2 is 2.06 bits per heavy atom. The third-order valence-electron chi connectivity index (χ3n) is 3.28. The molecular weight excluding hydrogens is 248 g/mol. The summed E-state index contributed by atoms with van der Waals surface area (Å²) in [5, 5.41) is 8.69. The van der Waals surface area contributed by atoms with Gasteiger partial charge in [-0.2, -0.15) is 9.57 Å². The molecule has 0 radical (unpaired) electrons. The Bertz CT molecular complexity index is 558. The Kier molecular flexibility index (Phi) is 3.69. The SMILES string of the molecule is CC1CCCN1S(=O)(=O)Cc1ccc(C#N)cc1. The lowest BCUT2D eigenvalue weighted by Gasteiger charge is -2.20. The Hall–Kier alpha value is -1.38. The van der Waals surface area contributed by atoms with E-state index in [0.29, 0.717) is 12.1 Å². The van der Waals surface area contributed by atoms with E-state index in [2.05, 4.69) is 0 Å². The molecule has 0 N–H and O–H groups in total. The molecule has 4 nitrogen and oxygen atoms in total. The molecule has 1 saturated heterocycles. The molecule has 0 amide bonds. The second-order valence-corrected chi connectivity index (χ2v) is 6.59. The second kappa shape index (κ2) is 5.09. The number of nitriles is 1. The van der Waals surface area contributed by atoms with Gasteiger partial charge in [0.25, 0.3) is 0 Å². The molecular formula is C13H16N2O2S. The van der Waals surface area contributed by atoms with Gasteiger partial charge < -0.3 is 0 Å². The minimum Gasteiger partial charge on any atom is -0.212 e. The van der Waals surface area contributed by atoms with E-state index in [0.717, 1.165) is 18.4 Å². The van der Waals surface area contributed by atoms with Crippen LogP contribution in [0.5, 0.6) is 0 Å². The molecule has 1 unspecified atom stereocenters. The first kappa shape index (κ1) is 13.1. The zero-order chi connectivity index (χ0) is 13.2. The molecule has 1 heterocycles. The van der Waals surface area contributed by atoms with E-state index in [1.165, 1.54) is 0 Å². The van der Waals surface area contributed by atoms with Gasteiger partial charge in [-0.25, -0.2) is 8.42 Å². The largest absolute Gasteiger partial charge is 0.218 e. The number of benzene rings is 1. The third-order valence-corrected chi connectivity index (χ3v) is 5.24. The smallest absolute Gasteiger partial charge is 0.212 e. The summed E-state index contributed by atoms with van der Waals surface area (Å²) in [6.45, 7) is 2.57. The number of hydrogen-bond donors (Lipinski definition) is 0. The van der Waals surface area contributed by atoms with Crippen molar-refractivity contribution in [3.05, 3.63) is 35.4 Å². The van der Waals surface area contributed by atoms with Crippen LogP contribution in [0, 0.1) is 11.3 Å². The third kappa shape index (κ3) is 2.71. The van der Waals surface area contributed by atoms with Crippen LogP contribution in [0.15, 0.2) is 24.3 Å². The molecule has 96 valence electrons. The number of sulfonamides is 1. The highest BCUT2D eigenvalue weighted by atomic mass is 32.2. The predicted molar refractivity (Wildman–Crippen MR) is 69.2 cm³/mol. The highest BCUT2D eigenvalue weighted by Gasteiger charge is 2.31. The van der Waals surface area contributed by atoms with Gasteiger partial charge in [0.05, 0.1) is 17.4 Å². The Labute approximate surface area is 108 Å². The van der Waals surface area contributed by atoms with Crippen LogP contribution in [-0.2, 0) is 15.8 Å². The van der Waals surface area contributed by atoms with Gasteiger partial charge >= 0.3 is 0 Å². The van der Waals surface area contributed by atoms with Gasteiger partial charge in [0.1, 0.15) is 0 Å². The van der Waals surface area contributed by atoms with Crippen molar-refractivity contribution in [2.75, 3.05) is 6.54 Å². The minimum atomic E-state index is -3.23. The van der Waals surface area contributed by atoms with Gasteiger partial charge in [-0.05, 0) is 37.5 Å². The second-order valence-electron chi connectivity index (χ2n) is 4.67. The molecule has 5 heteroatoms. The van der Waals surface area contributed by atoms with Crippen LogP contribution in [-0.4, -0.2) is 25.3 Å². The van der Waals surface area contributed by atoms with E-state index in [1.807, 2.05) is 13.0 Å². The fourth-order valence-electron chi connectivity index (χ4n) is 2.29. The van der Waals surface area contributed by atoms with Crippen LogP contribution < -0.4 is 0 Å². The molecule has 1 atom stereocenters. The van der Waals surface area contributed by atoms with Crippen molar-refractivity contribution in [3.63, 3.8) is 0 Å². The zero-order valence-corrected chi connectivity index (χ0v) is 11.2. The Balaban J connectivity index is 2.14. The average molecular weight is 264 g/mol. The average Bonchev–Trinajstić information content (AvgIpc) is 2.77. The van der Waals surface area contributed by atoms with Crippen LogP contribution >= 0.6 is 0 Å². The Morgan fingerprint density at radius 3 is 2.56 bits per heavy atom. The summed E-state index contributed by atoms with van der Waals surface area (Å²) < 4.78 is 26.0. The number of hydrogen-bond acceptors (Lipinski definition) is 3. The quantitative estimate of drug-likeness (QED) is 0.837. The van der Waals surface area contributed by atoms with Crippen molar-refractivity contribution < 1.29 is 8.42 Å². The van der Waals surface area contributed by atoms with E-state index < -0.39 is 10.0 Å². The number of rotatable bonds is 3. The molecule has 1 fully saturated rings. The van der Waals surface area contributed by atoms with Gasteiger partial charge in [0.2, 0.25) is 10.0 Å². The van der Waals surface area contributed by atoms with Crippen LogP contribution in [0.4, 0.5) is 0 Å². The normalized spacial score (nSPS) is 20.8. The minimum absolute atomic E-state index is 0.0169. The van der Waals surface area contributed by atoms with Gasteiger partial charge in [-0.15, -0.1) is 0 Å². The molecule has 1 aliphatic heterocycles. The van der Waals surface area contributed by atoms with E-state index in [4.69, 9.17) is 5.26 Å². The standard InChI is InChI=1S/C13H16N2O2S/c1-11-3-2-8-15(11)18(16,17)10-13-6-4-12(9-14)5-7-13/h4-7,11H,2-3,8,10H2,1H3. The van der Waals surface area contributed by atoms with E-state index in [9.17, 15) is 8.42 Å². The van der Waals surface area contributed by atoms with Crippen LogP contribution in [0.25, 0.3) is 0 Å². The maximum absolute atomic E-state index is 12.2. The molecule has 2 rings (SSSR count). The van der Waals surface area contributed by atoms with Gasteiger partial charge in [-0.1, -0.05) is 12.1 Å². The Morgan fingerprint density at radius 1 is 1.39 bits per heavy atom. The summed E-state index contributed by atoms with van der Waals surface area (Å²) >= 11 is 0. The molecule has 1 aliphatic rings. The summed E-state index contributed by atoms with van der Waals surface area (Å²) in [7, 11) is -3.23. The summed E-state index contributed by atoms with van der Waals surface area (Å²) in [4.78, 5) is 0. The fraction of sp³-hybridized carbons (Fsp3) is 0.462. The lowest BCUT2D eigenvalue weighted by Crippen LogP contribution is -2.34. The first-order valence-corrected chi connectivity index (χ1v) is 7.62. The maximum Gasteiger partial charge on any atom is 0.218 e. The predicted octanol–water partition coefficient (Wildman–Crippen LogP) is 1.87. The van der Waals surface area contributed by atoms with E-state index in [1.54, 1.807) is 28.6 Å². The molecule has 18 heavy (non-hydrogen) atoms. The lowest BCUT2D eigenvalue weighted by molar-refractivity contribution is 0.407. The molecule has 0 bridgehead atoms. The molecule has 0 aromatic heterocycles. The first-order chi connectivity index (χ1) is 8.53. The summed E-state index contributed by atoms with van der Waals surface area (Å²) in [6.07, 6.45) is 1.88.